The van der Waals surface area contributed by atoms with Gasteiger partial charge in [0.05, 0.1) is 0 Å². The summed E-state index contributed by atoms with van der Waals surface area (Å²) in [4.78, 5) is 0. The van der Waals surface area contributed by atoms with Gasteiger partial charge in [0.25, 0.3) is 0 Å². The van der Waals surface area contributed by atoms with Gasteiger partial charge in [0.15, 0.2) is 0 Å². The minimum Gasteiger partial charge on any atom is -0.0874 e. The van der Waals surface area contributed by atoms with Crippen LogP contribution in [0.5, 0.6) is 0 Å². The number of rotatable bonds is 6. The van der Waals surface area contributed by atoms with Gasteiger partial charge >= 0.3 is 0 Å². The van der Waals surface area contributed by atoms with Crippen molar-refractivity contribution in [1.82, 2.24) is 0 Å². The summed E-state index contributed by atoms with van der Waals surface area (Å²) in [7, 11) is 0. The first-order valence-corrected chi connectivity index (χ1v) is 11.1. The van der Waals surface area contributed by atoms with Gasteiger partial charge in [0, 0.05) is 0 Å². The van der Waals surface area contributed by atoms with E-state index in [1.165, 1.54) is 55.7 Å². The summed E-state index contributed by atoms with van der Waals surface area (Å²) in [5.41, 5.74) is 13.5. The summed E-state index contributed by atoms with van der Waals surface area (Å²) in [6.45, 7) is 13.2. The minimum atomic E-state index is 1.04. The molecule has 0 nitrogen and oxygen atoms in total. The fourth-order valence-electron chi connectivity index (χ4n) is 4.34. The Balaban J connectivity index is 2.17. The molecule has 154 valence electrons. The van der Waals surface area contributed by atoms with Crippen molar-refractivity contribution in [3.05, 3.63) is 101 Å². The molecule has 30 heavy (non-hydrogen) atoms. The molecule has 0 unspecified atom stereocenters. The van der Waals surface area contributed by atoms with E-state index in [0.29, 0.717) is 0 Å². The second-order valence-corrected chi connectivity index (χ2v) is 8.09. The average Bonchev–Trinajstić information content (AvgIpc) is 2.75. The zero-order chi connectivity index (χ0) is 21.7. The quantitative estimate of drug-likeness (QED) is 0.366. The molecule has 3 rings (SSSR count). The van der Waals surface area contributed by atoms with Crippen LogP contribution in [0.1, 0.15) is 56.4 Å². The van der Waals surface area contributed by atoms with Crippen molar-refractivity contribution in [2.45, 2.75) is 54.4 Å². The van der Waals surface area contributed by atoms with E-state index in [0.717, 1.165) is 12.8 Å². The Morgan fingerprint density at radius 2 is 1.47 bits per heavy atom. The van der Waals surface area contributed by atoms with Crippen LogP contribution in [0.3, 0.4) is 0 Å². The third-order valence-corrected chi connectivity index (χ3v) is 6.07. The lowest BCUT2D eigenvalue weighted by Gasteiger charge is -2.17. The number of benzene rings is 3. The van der Waals surface area contributed by atoms with Crippen molar-refractivity contribution in [3.63, 3.8) is 0 Å². The van der Waals surface area contributed by atoms with E-state index in [2.05, 4.69) is 114 Å². The molecule has 3 aromatic rings. The van der Waals surface area contributed by atoms with Gasteiger partial charge in [-0.15, -0.1) is 0 Å². The molecular weight excluding hydrogens is 360 g/mol. The Hall–Kier alpha value is -2.86. The maximum atomic E-state index is 2.40. The first kappa shape index (κ1) is 21.8. The molecule has 0 heteroatoms. The van der Waals surface area contributed by atoms with E-state index >= 15 is 0 Å². The molecule has 3 aromatic carbocycles. The first-order chi connectivity index (χ1) is 14.5. The monoisotopic (exact) mass is 394 g/mol. The van der Waals surface area contributed by atoms with Crippen molar-refractivity contribution in [2.75, 3.05) is 0 Å². The lowest BCUT2D eigenvalue weighted by atomic mass is 9.88. The van der Waals surface area contributed by atoms with Crippen LogP contribution >= 0.6 is 0 Å². The fraction of sp³-hybridized carbons (Fsp3) is 0.267. The minimum absolute atomic E-state index is 1.04. The summed E-state index contributed by atoms with van der Waals surface area (Å²) in [5, 5.41) is 0. The van der Waals surface area contributed by atoms with Crippen LogP contribution in [0.25, 0.3) is 27.8 Å². The van der Waals surface area contributed by atoms with Gasteiger partial charge in [0.1, 0.15) is 0 Å². The van der Waals surface area contributed by atoms with E-state index < -0.39 is 0 Å². The highest BCUT2D eigenvalue weighted by molar-refractivity contribution is 5.80. The maximum absolute atomic E-state index is 2.40. The third-order valence-electron chi connectivity index (χ3n) is 6.07. The molecule has 0 heterocycles. The Morgan fingerprint density at radius 3 is 2.13 bits per heavy atom. The van der Waals surface area contributed by atoms with Crippen LogP contribution in [0.4, 0.5) is 0 Å². The van der Waals surface area contributed by atoms with Crippen LogP contribution in [0.15, 0.2) is 78.4 Å². The maximum Gasteiger partial charge on any atom is -0.0146 e. The van der Waals surface area contributed by atoms with Crippen molar-refractivity contribution in [3.8, 4) is 22.3 Å². The largest absolute Gasteiger partial charge is 0.0874 e. The van der Waals surface area contributed by atoms with Crippen LogP contribution < -0.4 is 0 Å². The Bertz CT molecular complexity index is 1090. The summed E-state index contributed by atoms with van der Waals surface area (Å²) in [6.07, 6.45) is 6.45. The van der Waals surface area contributed by atoms with Gasteiger partial charge in [-0.05, 0) is 108 Å². The molecule has 0 saturated carbocycles. The normalized spacial score (nSPS) is 12.3. The zero-order valence-corrected chi connectivity index (χ0v) is 19.3. The summed E-state index contributed by atoms with van der Waals surface area (Å²) < 4.78 is 0. The Morgan fingerprint density at radius 1 is 0.800 bits per heavy atom. The molecular formula is C30H34. The smallest absolute Gasteiger partial charge is 0.0146 e. The second kappa shape index (κ2) is 9.76. The van der Waals surface area contributed by atoms with Crippen LogP contribution in [-0.2, 0) is 6.42 Å². The predicted molar refractivity (Wildman–Crippen MR) is 134 cm³/mol. The molecule has 0 radical (unpaired) electrons. The molecule has 0 atom stereocenters. The van der Waals surface area contributed by atoms with Gasteiger partial charge in [-0.2, -0.15) is 0 Å². The lowest BCUT2D eigenvalue weighted by molar-refractivity contribution is 1.11. The second-order valence-electron chi connectivity index (χ2n) is 8.09. The van der Waals surface area contributed by atoms with Crippen LogP contribution in [0, 0.1) is 13.8 Å². The van der Waals surface area contributed by atoms with Gasteiger partial charge in [0.2, 0.25) is 0 Å². The molecule has 0 aromatic heterocycles. The number of allylic oxidation sites excluding steroid dienone is 4. The standard InChI is InChI=1S/C30H34/c1-7-12-21(4)27(9-3)30-20-26(18-17-24(30)8-2)25-16-15-23(6)29(19-25)28-14-11-10-13-22(28)5/h7,10-20H,8-9H2,1-6H3/b12-7-,27-21+. The molecule has 0 N–H and O–H groups in total. The van der Waals surface area contributed by atoms with E-state index in [-0.39, 0.29) is 0 Å². The van der Waals surface area contributed by atoms with E-state index in [9.17, 15) is 0 Å². The summed E-state index contributed by atoms with van der Waals surface area (Å²) >= 11 is 0. The van der Waals surface area contributed by atoms with Gasteiger partial charge in [-0.3, -0.25) is 0 Å². The van der Waals surface area contributed by atoms with E-state index in [1.54, 1.807) is 0 Å². The van der Waals surface area contributed by atoms with Crippen molar-refractivity contribution >= 4 is 5.57 Å². The Kier molecular flexibility index (Phi) is 7.11. The molecule has 0 aliphatic heterocycles. The Labute approximate surface area is 183 Å². The fourth-order valence-corrected chi connectivity index (χ4v) is 4.34. The third kappa shape index (κ3) is 4.49. The zero-order valence-electron chi connectivity index (χ0n) is 19.3. The van der Waals surface area contributed by atoms with Crippen molar-refractivity contribution in [2.24, 2.45) is 0 Å². The highest BCUT2D eigenvalue weighted by Gasteiger charge is 2.12. The number of hydrogen-bond acceptors (Lipinski definition) is 0. The van der Waals surface area contributed by atoms with Crippen LogP contribution in [0.2, 0.25) is 0 Å². The van der Waals surface area contributed by atoms with Gasteiger partial charge in [-0.1, -0.05) is 74.5 Å². The molecule has 0 saturated heterocycles. The molecule has 0 spiro atoms. The van der Waals surface area contributed by atoms with Crippen molar-refractivity contribution < 1.29 is 0 Å². The summed E-state index contributed by atoms with van der Waals surface area (Å²) in [5.74, 6) is 0. The molecule has 0 aliphatic carbocycles. The highest BCUT2D eigenvalue weighted by Crippen LogP contribution is 2.34. The van der Waals surface area contributed by atoms with Gasteiger partial charge in [-0.25, -0.2) is 0 Å². The first-order valence-electron chi connectivity index (χ1n) is 11.1. The highest BCUT2D eigenvalue weighted by atomic mass is 14.2. The molecule has 0 aliphatic rings. The van der Waals surface area contributed by atoms with Crippen LogP contribution in [-0.4, -0.2) is 0 Å². The van der Waals surface area contributed by atoms with E-state index in [1.807, 2.05) is 0 Å². The number of hydrogen-bond donors (Lipinski definition) is 0. The SMILES string of the molecule is C/C=C\C(C)=C(/CC)c1cc(-c2ccc(C)c(-c3ccccc3C)c2)ccc1CC. The molecule has 0 bridgehead atoms. The lowest BCUT2D eigenvalue weighted by Crippen LogP contribution is -1.96. The molecule has 0 fully saturated rings. The average molecular weight is 395 g/mol. The van der Waals surface area contributed by atoms with E-state index in [4.69, 9.17) is 0 Å². The number of aryl methyl sites for hydroxylation is 3. The predicted octanol–water partition coefficient (Wildman–Crippen LogP) is 8.96. The summed E-state index contributed by atoms with van der Waals surface area (Å²) in [6, 6.07) is 22.5. The van der Waals surface area contributed by atoms with Gasteiger partial charge < -0.3 is 0 Å². The molecule has 0 amide bonds. The topological polar surface area (TPSA) is 0 Å². The van der Waals surface area contributed by atoms with Crippen molar-refractivity contribution in [1.29, 1.82) is 0 Å².